The van der Waals surface area contributed by atoms with Crippen LogP contribution in [0.4, 0.5) is 16.4 Å². The molecule has 0 radical (unpaired) electrons. The summed E-state index contributed by atoms with van der Waals surface area (Å²) in [5.41, 5.74) is 6.29. The number of benzene rings is 2. The van der Waals surface area contributed by atoms with Crippen molar-refractivity contribution in [2.24, 2.45) is 17.3 Å². The van der Waals surface area contributed by atoms with E-state index in [2.05, 4.69) is 53.4 Å². The molecule has 5 N–H and O–H groups in total. The number of aliphatic hydroxyl groups is 1. The van der Waals surface area contributed by atoms with Gasteiger partial charge in [0.05, 0.1) is 35.9 Å². The van der Waals surface area contributed by atoms with Gasteiger partial charge >= 0.3 is 6.03 Å². The lowest BCUT2D eigenvalue weighted by Crippen LogP contribution is -2.60. The van der Waals surface area contributed by atoms with Crippen LogP contribution in [0.5, 0.6) is 5.75 Å². The summed E-state index contributed by atoms with van der Waals surface area (Å²) in [6.07, 6.45) is 11.2. The largest absolute Gasteiger partial charge is 0.507 e. The minimum atomic E-state index is -0.897. The highest BCUT2D eigenvalue weighted by molar-refractivity contribution is 5.93. The van der Waals surface area contributed by atoms with Crippen molar-refractivity contribution in [2.45, 2.75) is 90.2 Å². The topological polar surface area (TPSA) is 199 Å². The van der Waals surface area contributed by atoms with E-state index in [9.17, 15) is 24.6 Å². The number of nitrogens with zero attached hydrogens (tertiary/aromatic N) is 9. The van der Waals surface area contributed by atoms with Gasteiger partial charge in [-0.1, -0.05) is 51.0 Å². The zero-order valence-electron chi connectivity index (χ0n) is 39.8. The van der Waals surface area contributed by atoms with Crippen LogP contribution in [0.2, 0.25) is 0 Å². The number of likely N-dealkylation sites (tertiary alicyclic amines) is 3. The molecule has 5 aliphatic heterocycles. The first-order valence-corrected chi connectivity index (χ1v) is 24.3. The second kappa shape index (κ2) is 18.6. The van der Waals surface area contributed by atoms with Gasteiger partial charge in [0.2, 0.25) is 17.8 Å². The number of aliphatic hydroxyl groups excluding tert-OH is 1. The Morgan fingerprint density at radius 1 is 0.942 bits per heavy atom. The minimum Gasteiger partial charge on any atom is -0.507 e. The molecule has 0 bridgehead atoms. The van der Waals surface area contributed by atoms with Gasteiger partial charge in [-0.15, -0.1) is 16.6 Å². The predicted molar refractivity (Wildman–Crippen MR) is 262 cm³/mol. The number of phenols is 1. The summed E-state index contributed by atoms with van der Waals surface area (Å²) in [6, 6.07) is 14.8. The molecule has 360 valence electrons. The number of aromatic nitrogens is 5. The van der Waals surface area contributed by atoms with E-state index in [0.717, 1.165) is 91.1 Å². The zero-order chi connectivity index (χ0) is 48.1. The van der Waals surface area contributed by atoms with Crippen LogP contribution < -0.4 is 20.4 Å². The molecule has 0 saturated carbocycles. The molecular weight excluding hydrogens is 873 g/mol. The lowest BCUT2D eigenvalue weighted by molar-refractivity contribution is -0.142. The molecule has 4 amide bonds. The van der Waals surface area contributed by atoms with Crippen molar-refractivity contribution in [3.05, 3.63) is 89.4 Å². The Hall–Kier alpha value is -6.77. The van der Waals surface area contributed by atoms with E-state index in [1.165, 1.54) is 4.90 Å². The molecule has 5 aliphatic rings. The Kier molecular flexibility index (Phi) is 12.4. The first kappa shape index (κ1) is 46.0. The summed E-state index contributed by atoms with van der Waals surface area (Å²) in [5.74, 6) is 3.79. The number of aromatic amines is 1. The molecular formula is C52H62N12O5. The highest BCUT2D eigenvalue weighted by Gasteiger charge is 2.46. The van der Waals surface area contributed by atoms with E-state index in [1.807, 2.05) is 80.5 Å². The van der Waals surface area contributed by atoms with Crippen LogP contribution in [0.15, 0.2) is 67.0 Å². The number of amides is 4. The number of aromatic hydroxyl groups is 1. The number of phenolic OH excluding ortho intramolecular Hbond substituents is 1. The lowest BCUT2D eigenvalue weighted by Gasteiger charge is -2.40. The number of fused-ring (bicyclic) bond motifs is 4. The monoisotopic (exact) mass is 934 g/mol. The number of anilines is 2. The first-order valence-electron chi connectivity index (χ1n) is 24.3. The van der Waals surface area contributed by atoms with Crippen LogP contribution in [0.25, 0.3) is 22.3 Å². The Bertz CT molecular complexity index is 2750. The molecule has 0 aliphatic carbocycles. The van der Waals surface area contributed by atoms with Crippen LogP contribution in [0.1, 0.15) is 75.4 Å². The van der Waals surface area contributed by atoms with E-state index in [-0.39, 0.29) is 49.1 Å². The molecule has 4 saturated heterocycles. The quantitative estimate of drug-likeness (QED) is 0.130. The third-order valence-corrected chi connectivity index (χ3v) is 15.2. The molecule has 8 heterocycles. The highest BCUT2D eigenvalue weighted by Crippen LogP contribution is 2.40. The molecule has 3 aromatic heterocycles. The second-order valence-corrected chi connectivity index (χ2v) is 20.7. The maximum atomic E-state index is 14.2. The van der Waals surface area contributed by atoms with Crippen LogP contribution in [-0.2, 0) is 22.6 Å². The lowest BCUT2D eigenvalue weighted by atomic mass is 9.85. The molecule has 4 fully saturated rings. The third-order valence-electron chi connectivity index (χ3n) is 15.2. The maximum Gasteiger partial charge on any atom is 0.318 e. The summed E-state index contributed by atoms with van der Waals surface area (Å²) in [6.45, 7) is 14.0. The number of para-hydroxylation sites is 1. The van der Waals surface area contributed by atoms with E-state index in [1.54, 1.807) is 12.1 Å². The number of carbonyl (C=O) groups is 3. The molecule has 69 heavy (non-hydrogen) atoms. The number of β-amino-alcohol motifs (C(OH)–C–C–N with tert-alkyl or cyclic N) is 1. The summed E-state index contributed by atoms with van der Waals surface area (Å²) in [4.78, 5) is 65.3. The summed E-state index contributed by atoms with van der Waals surface area (Å²) >= 11 is 0. The standard InChI is InChI=1S/C52H62N12O5/c1-6-32-11-13-33(14-12-32)23-53-48(67)43-21-38(65)30-64(43)49(68)46(52(3,4)5)57-51(69)60-18-15-36(16-19-60)61-26-34-28-62(29-35(34)27-61)37-24-54-50(55-25-37)63-20-17-41-45(31(63)2)40-22-42(58-59-47(40)56-41)39-9-7-8-10-44(39)66/h1,7-14,22,24-25,31,34-36,38,43,46,65-66H,15-21,23,26-30H2,2-5H3,(H,53,67)(H,56,59)(H,57,69)/t31-,34-,35+,38+,43-,46+/m0/s1. The molecule has 0 spiro atoms. The van der Waals surface area contributed by atoms with Gasteiger partial charge in [-0.05, 0) is 72.9 Å². The molecule has 2 aromatic carbocycles. The van der Waals surface area contributed by atoms with Crippen molar-refractivity contribution in [3.8, 4) is 29.4 Å². The van der Waals surface area contributed by atoms with Crippen LogP contribution >= 0.6 is 0 Å². The number of H-pyrrole nitrogens is 1. The fourth-order valence-corrected chi connectivity index (χ4v) is 11.4. The van der Waals surface area contributed by atoms with E-state index in [4.69, 9.17) is 16.4 Å². The SMILES string of the molecule is C#Cc1ccc(CNC(=O)[C@@H]2C[C@@H](O)CN2C(=O)[C@@H](NC(=O)N2CCC(N3C[C@H]4CN(c5cnc(N6CCc7[nH]c8nnc(-c9ccccc9O)cc8c7[C@@H]6C)nc5)C[C@H]4C3)CC2)C(C)(C)C)cc1. The van der Waals surface area contributed by atoms with Crippen molar-refractivity contribution >= 4 is 40.5 Å². The van der Waals surface area contributed by atoms with Gasteiger partial charge in [0.1, 0.15) is 17.8 Å². The van der Waals surface area contributed by atoms with Crippen molar-refractivity contribution in [3.63, 3.8) is 0 Å². The van der Waals surface area contributed by atoms with Gasteiger partial charge in [0, 0.05) is 106 Å². The normalized spacial score (nSPS) is 23.4. The Morgan fingerprint density at radius 2 is 1.65 bits per heavy atom. The fraction of sp³-hybridized carbons (Fsp3) is 0.481. The second-order valence-electron chi connectivity index (χ2n) is 20.7. The summed E-state index contributed by atoms with van der Waals surface area (Å²) in [7, 11) is 0. The molecule has 17 nitrogen and oxygen atoms in total. The molecule has 6 atom stereocenters. The van der Waals surface area contributed by atoms with Crippen molar-refractivity contribution in [2.75, 3.05) is 62.2 Å². The van der Waals surface area contributed by atoms with Gasteiger partial charge in [-0.25, -0.2) is 14.8 Å². The predicted octanol–water partition coefficient (Wildman–Crippen LogP) is 4.46. The van der Waals surface area contributed by atoms with Crippen LogP contribution in [0.3, 0.4) is 0 Å². The minimum absolute atomic E-state index is 0.000981. The number of nitrogens with one attached hydrogen (secondary N) is 3. The first-order chi connectivity index (χ1) is 33.2. The summed E-state index contributed by atoms with van der Waals surface area (Å²) < 4.78 is 0. The number of carbonyl (C=O) groups excluding carboxylic acids is 3. The molecule has 0 unspecified atom stereocenters. The Balaban J connectivity index is 0.706. The number of hydrogen-bond donors (Lipinski definition) is 5. The molecule has 5 aromatic rings. The number of piperidine rings is 1. The smallest absolute Gasteiger partial charge is 0.318 e. The molecule has 17 heteroatoms. The van der Waals surface area contributed by atoms with Crippen molar-refractivity contribution < 1.29 is 24.6 Å². The van der Waals surface area contributed by atoms with E-state index in [0.29, 0.717) is 48.2 Å². The number of rotatable bonds is 9. The van der Waals surface area contributed by atoms with Gasteiger partial charge in [0.25, 0.3) is 0 Å². The van der Waals surface area contributed by atoms with Gasteiger partial charge in [0.15, 0.2) is 5.65 Å². The average Bonchev–Trinajstić information content (AvgIpc) is 4.14. The van der Waals surface area contributed by atoms with Crippen molar-refractivity contribution in [1.29, 1.82) is 0 Å². The van der Waals surface area contributed by atoms with Gasteiger partial charge in [-0.2, -0.15) is 0 Å². The van der Waals surface area contributed by atoms with E-state index >= 15 is 0 Å². The van der Waals surface area contributed by atoms with Crippen LogP contribution in [0, 0.1) is 29.6 Å². The maximum absolute atomic E-state index is 14.2. The number of hydrogen-bond acceptors (Lipinski definition) is 12. The van der Waals surface area contributed by atoms with Crippen molar-refractivity contribution in [1.82, 2.24) is 50.5 Å². The Morgan fingerprint density at radius 3 is 2.33 bits per heavy atom. The number of urea groups is 1. The average molecular weight is 935 g/mol. The van der Waals surface area contributed by atoms with E-state index < -0.39 is 23.6 Å². The van der Waals surface area contributed by atoms with Gasteiger partial charge in [-0.3, -0.25) is 14.5 Å². The fourth-order valence-electron chi connectivity index (χ4n) is 11.4. The molecule has 10 rings (SSSR count). The van der Waals surface area contributed by atoms with Gasteiger partial charge < -0.3 is 45.4 Å². The Labute approximate surface area is 402 Å². The highest BCUT2D eigenvalue weighted by atomic mass is 16.3. The number of terminal acetylenes is 1. The summed E-state index contributed by atoms with van der Waals surface area (Å²) in [5, 5.41) is 37.0. The zero-order valence-corrected chi connectivity index (χ0v) is 39.8. The third kappa shape index (κ3) is 9.15. The van der Waals surface area contributed by atoms with Crippen LogP contribution in [-0.4, -0.2) is 144 Å².